The summed E-state index contributed by atoms with van der Waals surface area (Å²) >= 11 is 0. The minimum absolute atomic E-state index is 0.0588. The number of nitrogens with zero attached hydrogens (tertiary/aromatic N) is 1. The molecule has 2 rings (SSSR count). The maximum absolute atomic E-state index is 13.6. The molecular formula is C11H18FNO3. The second kappa shape index (κ2) is 4.20. The van der Waals surface area contributed by atoms with Gasteiger partial charge >= 0.3 is 6.09 Å². The van der Waals surface area contributed by atoms with Gasteiger partial charge < -0.3 is 14.7 Å². The highest BCUT2D eigenvalue weighted by molar-refractivity contribution is 5.65. The van der Waals surface area contributed by atoms with E-state index in [1.165, 1.54) is 0 Å². The molecule has 0 aromatic heterocycles. The van der Waals surface area contributed by atoms with Crippen LogP contribution in [0.25, 0.3) is 0 Å². The molecule has 1 saturated heterocycles. The van der Waals surface area contributed by atoms with Crippen molar-refractivity contribution < 1.29 is 19.0 Å². The molecule has 2 aliphatic rings. The molecule has 92 valence electrons. The number of likely N-dealkylation sites (tertiary alicyclic amines) is 1. The molecule has 5 heteroatoms. The lowest BCUT2D eigenvalue weighted by Gasteiger charge is -2.33. The van der Waals surface area contributed by atoms with Gasteiger partial charge in [-0.15, -0.1) is 0 Å². The van der Waals surface area contributed by atoms with Crippen LogP contribution in [0.2, 0.25) is 0 Å². The van der Waals surface area contributed by atoms with Gasteiger partial charge in [-0.25, -0.2) is 9.18 Å². The Labute approximate surface area is 94.4 Å². The Balaban J connectivity index is 1.77. The largest absolute Gasteiger partial charge is 0.465 e. The molecule has 4 nitrogen and oxygen atoms in total. The summed E-state index contributed by atoms with van der Waals surface area (Å²) in [6.07, 6.45) is 0.106. The lowest BCUT2D eigenvalue weighted by Crippen LogP contribution is -2.48. The van der Waals surface area contributed by atoms with E-state index in [0.29, 0.717) is 19.6 Å². The summed E-state index contributed by atoms with van der Waals surface area (Å²) in [4.78, 5) is 11.8. The second-order valence-electron chi connectivity index (χ2n) is 5.19. The van der Waals surface area contributed by atoms with E-state index in [1.54, 1.807) is 0 Å². The van der Waals surface area contributed by atoms with Gasteiger partial charge in [-0.2, -0.15) is 0 Å². The minimum atomic E-state index is -1.19. The summed E-state index contributed by atoms with van der Waals surface area (Å²) in [5.41, 5.74) is 0.254. The Morgan fingerprint density at radius 1 is 1.62 bits per heavy atom. The van der Waals surface area contributed by atoms with Crippen molar-refractivity contribution in [2.45, 2.75) is 38.5 Å². The Morgan fingerprint density at radius 2 is 2.31 bits per heavy atom. The van der Waals surface area contributed by atoms with Gasteiger partial charge in [-0.05, 0) is 24.7 Å². The average Bonchev–Trinajstić information content (AvgIpc) is 2.95. The van der Waals surface area contributed by atoms with Crippen molar-refractivity contribution in [3.8, 4) is 0 Å². The fraction of sp³-hybridized carbons (Fsp3) is 0.909. The number of alkyl halides is 1. The predicted octanol–water partition coefficient (Wildman–Crippen LogP) is 1.89. The van der Waals surface area contributed by atoms with E-state index in [1.807, 2.05) is 0 Å². The van der Waals surface area contributed by atoms with Crippen LogP contribution in [0.3, 0.4) is 0 Å². The number of hydrogen-bond donors (Lipinski definition) is 1. The van der Waals surface area contributed by atoms with E-state index in [-0.39, 0.29) is 12.0 Å². The van der Waals surface area contributed by atoms with Crippen molar-refractivity contribution >= 4 is 6.09 Å². The van der Waals surface area contributed by atoms with Crippen molar-refractivity contribution in [3.05, 3.63) is 0 Å². The monoisotopic (exact) mass is 231 g/mol. The first kappa shape index (κ1) is 11.6. The van der Waals surface area contributed by atoms with Gasteiger partial charge in [0.05, 0.1) is 19.3 Å². The molecule has 2 fully saturated rings. The van der Waals surface area contributed by atoms with Gasteiger partial charge in [0.1, 0.15) is 6.17 Å². The van der Waals surface area contributed by atoms with Crippen molar-refractivity contribution in [2.75, 3.05) is 19.7 Å². The highest BCUT2D eigenvalue weighted by Gasteiger charge is 2.40. The molecular weight excluding hydrogens is 213 g/mol. The van der Waals surface area contributed by atoms with Gasteiger partial charge in [0.2, 0.25) is 0 Å². The van der Waals surface area contributed by atoms with Gasteiger partial charge in [0.15, 0.2) is 0 Å². The summed E-state index contributed by atoms with van der Waals surface area (Å²) < 4.78 is 19.2. The molecule has 0 aromatic carbocycles. The quantitative estimate of drug-likeness (QED) is 0.807. The van der Waals surface area contributed by atoms with Gasteiger partial charge in [-0.1, -0.05) is 6.92 Å². The third-order valence-corrected chi connectivity index (χ3v) is 3.50. The highest BCUT2D eigenvalue weighted by Crippen LogP contribution is 2.45. The maximum Gasteiger partial charge on any atom is 0.407 e. The van der Waals surface area contributed by atoms with Crippen LogP contribution in [-0.2, 0) is 4.74 Å². The molecule has 1 amide bonds. The van der Waals surface area contributed by atoms with Crippen molar-refractivity contribution in [3.63, 3.8) is 0 Å². The van der Waals surface area contributed by atoms with Crippen LogP contribution >= 0.6 is 0 Å². The van der Waals surface area contributed by atoms with Gasteiger partial charge in [-0.3, -0.25) is 0 Å². The van der Waals surface area contributed by atoms with E-state index in [0.717, 1.165) is 17.7 Å². The Kier molecular flexibility index (Phi) is 3.06. The van der Waals surface area contributed by atoms with Crippen LogP contribution in [0.5, 0.6) is 0 Å². The zero-order valence-electron chi connectivity index (χ0n) is 9.49. The van der Waals surface area contributed by atoms with Crippen LogP contribution in [0.1, 0.15) is 26.2 Å². The van der Waals surface area contributed by atoms with Crippen LogP contribution in [0.4, 0.5) is 9.18 Å². The van der Waals surface area contributed by atoms with Crippen molar-refractivity contribution in [2.24, 2.45) is 5.41 Å². The first-order chi connectivity index (χ1) is 7.50. The van der Waals surface area contributed by atoms with Crippen molar-refractivity contribution in [1.82, 2.24) is 4.90 Å². The molecule has 1 N–H and O–H groups in total. The summed E-state index contributed by atoms with van der Waals surface area (Å²) in [6, 6.07) is 0. The second-order valence-corrected chi connectivity index (χ2v) is 5.19. The molecule has 0 spiro atoms. The molecule has 2 atom stereocenters. The van der Waals surface area contributed by atoms with Crippen molar-refractivity contribution in [1.29, 1.82) is 0 Å². The average molecular weight is 231 g/mol. The number of piperidine rings is 1. The van der Waals surface area contributed by atoms with Gasteiger partial charge in [0, 0.05) is 6.54 Å². The smallest absolute Gasteiger partial charge is 0.407 e. The first-order valence-corrected chi connectivity index (χ1v) is 5.74. The van der Waals surface area contributed by atoms with Gasteiger partial charge in [0.25, 0.3) is 0 Å². The molecule has 0 aromatic rings. The van der Waals surface area contributed by atoms with E-state index in [9.17, 15) is 9.18 Å². The fourth-order valence-corrected chi connectivity index (χ4v) is 1.91. The topological polar surface area (TPSA) is 49.8 Å². The molecule has 1 aliphatic heterocycles. The fourth-order valence-electron chi connectivity index (χ4n) is 1.91. The predicted molar refractivity (Wildman–Crippen MR) is 56.2 cm³/mol. The molecule has 16 heavy (non-hydrogen) atoms. The zero-order valence-corrected chi connectivity index (χ0v) is 9.49. The van der Waals surface area contributed by atoms with Crippen LogP contribution in [0.15, 0.2) is 0 Å². The first-order valence-electron chi connectivity index (χ1n) is 5.74. The number of ether oxygens (including phenoxy) is 1. The molecule has 1 aliphatic carbocycles. The Hall–Kier alpha value is -0.840. The van der Waals surface area contributed by atoms with Crippen LogP contribution < -0.4 is 0 Å². The maximum atomic E-state index is 13.6. The Bertz CT molecular complexity index is 280. The summed E-state index contributed by atoms with van der Waals surface area (Å²) in [5, 5.41) is 8.73. The van der Waals surface area contributed by atoms with E-state index < -0.39 is 18.4 Å². The summed E-state index contributed by atoms with van der Waals surface area (Å²) in [7, 11) is 0. The molecule has 1 heterocycles. The third kappa shape index (κ3) is 2.64. The van der Waals surface area contributed by atoms with E-state index in [4.69, 9.17) is 9.84 Å². The lowest BCUT2D eigenvalue weighted by atomic mass is 10.1. The standard InChI is InChI=1S/C11H18FNO3/c1-11(3-4-11)7-16-9-2-5-13(10(14)15)6-8(9)12/h8-9H,2-7H2,1H3,(H,14,15). The summed E-state index contributed by atoms with van der Waals surface area (Å²) in [5.74, 6) is 0. The number of halogens is 1. The highest BCUT2D eigenvalue weighted by atomic mass is 19.1. The summed E-state index contributed by atoms with van der Waals surface area (Å²) in [6.45, 7) is 3.05. The molecule has 0 bridgehead atoms. The SMILES string of the molecule is CC1(COC2CCN(C(=O)O)CC2F)CC1. The molecule has 2 unspecified atom stereocenters. The third-order valence-electron chi connectivity index (χ3n) is 3.50. The van der Waals surface area contributed by atoms with E-state index >= 15 is 0 Å². The molecule has 0 radical (unpaired) electrons. The zero-order chi connectivity index (χ0) is 11.8. The Morgan fingerprint density at radius 3 is 2.81 bits per heavy atom. The number of hydrogen-bond acceptors (Lipinski definition) is 2. The minimum Gasteiger partial charge on any atom is -0.465 e. The number of rotatable bonds is 3. The van der Waals surface area contributed by atoms with Crippen LogP contribution in [0, 0.1) is 5.41 Å². The molecule has 1 saturated carbocycles. The van der Waals surface area contributed by atoms with E-state index in [2.05, 4.69) is 6.92 Å². The normalized spacial score (nSPS) is 32.5. The van der Waals surface area contributed by atoms with Crippen LogP contribution in [-0.4, -0.2) is 48.1 Å². The number of carbonyl (C=O) groups is 1. The number of carboxylic acid groups (broad SMARTS) is 1. The number of amides is 1. The lowest BCUT2D eigenvalue weighted by molar-refractivity contribution is -0.0546.